The third-order valence-electron chi connectivity index (χ3n) is 1.86. The summed E-state index contributed by atoms with van der Waals surface area (Å²) >= 11 is 0. The smallest absolute Gasteiger partial charge is 0.324 e. The summed E-state index contributed by atoms with van der Waals surface area (Å²) in [5, 5.41) is 10.5. The Labute approximate surface area is 94.1 Å². The van der Waals surface area contributed by atoms with E-state index in [4.69, 9.17) is 11.0 Å². The van der Waals surface area contributed by atoms with Crippen molar-refractivity contribution >= 4 is 11.5 Å². The maximum Gasteiger partial charge on any atom is 0.324 e. The van der Waals surface area contributed by atoms with Gasteiger partial charge >= 0.3 is 12.3 Å². The van der Waals surface area contributed by atoms with Gasteiger partial charge in [-0.2, -0.15) is 14.0 Å². The highest BCUT2D eigenvalue weighted by Crippen LogP contribution is 2.24. The zero-order valence-corrected chi connectivity index (χ0v) is 8.42. The first-order chi connectivity index (χ1) is 7.86. The van der Waals surface area contributed by atoms with Gasteiger partial charge in [0.1, 0.15) is 11.9 Å². The largest absolute Gasteiger partial charge is 0.396 e. The first-order valence-electron chi connectivity index (χ1n) is 4.42. The van der Waals surface area contributed by atoms with Crippen LogP contribution in [0.15, 0.2) is 12.3 Å². The van der Waals surface area contributed by atoms with E-state index in [0.717, 1.165) is 6.20 Å². The molecule has 1 aromatic heterocycles. The van der Waals surface area contributed by atoms with Crippen LogP contribution in [0.2, 0.25) is 0 Å². The Morgan fingerprint density at radius 3 is 2.65 bits per heavy atom. The minimum absolute atomic E-state index is 0.0610. The van der Waals surface area contributed by atoms with Gasteiger partial charge in [-0.3, -0.25) is 0 Å². The highest BCUT2D eigenvalue weighted by molar-refractivity contribution is 5.63. The molecule has 0 saturated carbocycles. The number of aromatic nitrogens is 1. The Balaban J connectivity index is 2.74. The normalized spacial score (nSPS) is 11.3. The number of nitrogen functional groups attached to an aromatic ring is 1. The van der Waals surface area contributed by atoms with E-state index >= 15 is 0 Å². The summed E-state index contributed by atoms with van der Waals surface area (Å²) in [4.78, 5) is 3.57. The molecule has 0 amide bonds. The summed E-state index contributed by atoms with van der Waals surface area (Å²) < 4.78 is 48.9. The molecular weight excluding hydrogens is 240 g/mol. The van der Waals surface area contributed by atoms with Gasteiger partial charge in [0.25, 0.3) is 0 Å². The second-order valence-corrected chi connectivity index (χ2v) is 3.19. The van der Waals surface area contributed by atoms with Crippen LogP contribution in [0.25, 0.3) is 0 Å². The lowest BCUT2D eigenvalue weighted by Crippen LogP contribution is -2.35. The fourth-order valence-electron chi connectivity index (χ4n) is 0.969. The van der Waals surface area contributed by atoms with Gasteiger partial charge in [-0.25, -0.2) is 13.8 Å². The molecule has 17 heavy (non-hydrogen) atoms. The molecule has 0 aliphatic carbocycles. The van der Waals surface area contributed by atoms with E-state index in [0.29, 0.717) is 0 Å². The Kier molecular flexibility index (Phi) is 3.73. The molecule has 0 unspecified atom stereocenters. The van der Waals surface area contributed by atoms with E-state index in [9.17, 15) is 17.6 Å². The second kappa shape index (κ2) is 4.86. The number of pyridine rings is 1. The van der Waals surface area contributed by atoms with Crippen molar-refractivity contribution in [2.45, 2.75) is 12.3 Å². The SMILES string of the molecule is N#Cc1cnc(NCC(F)(F)C(F)F)c(N)c1. The molecule has 0 bridgehead atoms. The van der Waals surface area contributed by atoms with E-state index in [-0.39, 0.29) is 17.1 Å². The summed E-state index contributed by atoms with van der Waals surface area (Å²) in [5.74, 6) is -4.33. The lowest BCUT2D eigenvalue weighted by molar-refractivity contribution is -0.117. The average Bonchev–Trinajstić information content (AvgIpc) is 2.27. The average molecular weight is 248 g/mol. The molecule has 92 valence electrons. The van der Waals surface area contributed by atoms with Gasteiger partial charge in [-0.15, -0.1) is 0 Å². The van der Waals surface area contributed by atoms with Crippen LogP contribution in [-0.4, -0.2) is 23.9 Å². The van der Waals surface area contributed by atoms with Gasteiger partial charge in [-0.05, 0) is 6.07 Å². The Morgan fingerprint density at radius 2 is 2.18 bits per heavy atom. The van der Waals surface area contributed by atoms with Crippen molar-refractivity contribution in [2.75, 3.05) is 17.6 Å². The summed E-state index contributed by atoms with van der Waals surface area (Å²) in [6.45, 7) is -1.28. The van der Waals surface area contributed by atoms with E-state index in [1.54, 1.807) is 6.07 Å². The molecule has 3 N–H and O–H groups in total. The van der Waals surface area contributed by atoms with E-state index in [1.807, 2.05) is 5.32 Å². The molecule has 4 nitrogen and oxygen atoms in total. The van der Waals surface area contributed by atoms with Gasteiger partial charge in [0.2, 0.25) is 0 Å². The maximum absolute atomic E-state index is 12.6. The maximum atomic E-state index is 12.6. The highest BCUT2D eigenvalue weighted by Gasteiger charge is 2.40. The van der Waals surface area contributed by atoms with Gasteiger partial charge in [0.15, 0.2) is 0 Å². The molecule has 0 saturated heterocycles. The molecular formula is C9H8F4N4. The molecule has 0 aliphatic rings. The number of nitrogens with zero attached hydrogens (tertiary/aromatic N) is 2. The van der Waals surface area contributed by atoms with E-state index < -0.39 is 18.9 Å². The highest BCUT2D eigenvalue weighted by atomic mass is 19.3. The van der Waals surface area contributed by atoms with Crippen molar-refractivity contribution in [3.05, 3.63) is 17.8 Å². The molecule has 0 aromatic carbocycles. The lowest BCUT2D eigenvalue weighted by atomic mass is 10.2. The summed E-state index contributed by atoms with van der Waals surface area (Å²) in [5.41, 5.74) is 5.48. The third kappa shape index (κ3) is 3.21. The molecule has 0 fully saturated rings. The Hall–Kier alpha value is -2.04. The molecule has 1 rings (SSSR count). The quantitative estimate of drug-likeness (QED) is 0.797. The summed E-state index contributed by atoms with van der Waals surface area (Å²) in [7, 11) is 0. The van der Waals surface area contributed by atoms with Gasteiger partial charge in [-0.1, -0.05) is 0 Å². The number of nitriles is 1. The van der Waals surface area contributed by atoms with Crippen molar-refractivity contribution in [1.82, 2.24) is 4.98 Å². The Morgan fingerprint density at radius 1 is 1.53 bits per heavy atom. The molecule has 0 spiro atoms. The minimum Gasteiger partial charge on any atom is -0.396 e. The number of anilines is 2. The van der Waals surface area contributed by atoms with E-state index in [1.165, 1.54) is 6.07 Å². The molecule has 0 aliphatic heterocycles. The first kappa shape index (κ1) is 13.0. The predicted octanol–water partition coefficient (Wildman–Crippen LogP) is 1.85. The predicted molar refractivity (Wildman–Crippen MR) is 52.8 cm³/mol. The topological polar surface area (TPSA) is 74.7 Å². The van der Waals surface area contributed by atoms with Gasteiger partial charge in [0, 0.05) is 6.20 Å². The monoisotopic (exact) mass is 248 g/mol. The fraction of sp³-hybridized carbons (Fsp3) is 0.333. The number of nitrogens with one attached hydrogen (secondary N) is 1. The van der Waals surface area contributed by atoms with Crippen LogP contribution in [0.1, 0.15) is 5.56 Å². The van der Waals surface area contributed by atoms with Gasteiger partial charge in [0.05, 0.1) is 17.8 Å². The summed E-state index contributed by atoms with van der Waals surface area (Å²) in [6, 6.07) is 2.95. The summed E-state index contributed by atoms with van der Waals surface area (Å²) in [6.07, 6.45) is -2.67. The number of rotatable bonds is 4. The van der Waals surface area contributed by atoms with Crippen LogP contribution in [0.4, 0.5) is 29.1 Å². The van der Waals surface area contributed by atoms with Crippen LogP contribution < -0.4 is 11.1 Å². The number of alkyl halides is 4. The standard InChI is InChI=1S/C9H8F4N4/c10-8(11)9(12,13)4-17-7-6(15)1-5(2-14)3-16-7/h1,3,8H,4,15H2,(H,16,17). The van der Waals surface area contributed by atoms with Crippen LogP contribution in [0, 0.1) is 11.3 Å². The van der Waals surface area contributed by atoms with Crippen molar-refractivity contribution in [2.24, 2.45) is 0 Å². The van der Waals surface area contributed by atoms with Crippen molar-refractivity contribution in [3.8, 4) is 6.07 Å². The number of hydrogen-bond donors (Lipinski definition) is 2. The molecule has 0 atom stereocenters. The molecule has 1 heterocycles. The Bertz CT molecular complexity index is 441. The third-order valence-corrected chi connectivity index (χ3v) is 1.86. The van der Waals surface area contributed by atoms with Crippen molar-refractivity contribution in [1.29, 1.82) is 5.26 Å². The van der Waals surface area contributed by atoms with Crippen molar-refractivity contribution < 1.29 is 17.6 Å². The molecule has 0 radical (unpaired) electrons. The lowest BCUT2D eigenvalue weighted by Gasteiger charge is -2.16. The minimum atomic E-state index is -4.16. The van der Waals surface area contributed by atoms with Gasteiger partial charge < -0.3 is 11.1 Å². The second-order valence-electron chi connectivity index (χ2n) is 3.19. The zero-order valence-electron chi connectivity index (χ0n) is 8.42. The first-order valence-corrected chi connectivity index (χ1v) is 4.42. The van der Waals surface area contributed by atoms with Crippen LogP contribution in [0.3, 0.4) is 0 Å². The molecule has 1 aromatic rings. The fourth-order valence-corrected chi connectivity index (χ4v) is 0.969. The number of halogens is 4. The van der Waals surface area contributed by atoms with Crippen LogP contribution >= 0.6 is 0 Å². The number of nitrogens with two attached hydrogens (primary N) is 1. The van der Waals surface area contributed by atoms with Crippen molar-refractivity contribution in [3.63, 3.8) is 0 Å². The zero-order chi connectivity index (χ0) is 13.1. The number of hydrogen-bond acceptors (Lipinski definition) is 4. The van der Waals surface area contributed by atoms with Crippen LogP contribution in [-0.2, 0) is 0 Å². The van der Waals surface area contributed by atoms with E-state index in [2.05, 4.69) is 4.98 Å². The van der Waals surface area contributed by atoms with Crippen LogP contribution in [0.5, 0.6) is 0 Å². The molecule has 8 heteroatoms.